The Morgan fingerprint density at radius 3 is 1.70 bits per heavy atom. The van der Waals surface area contributed by atoms with Crippen LogP contribution in [0.4, 0.5) is 0 Å². The van der Waals surface area contributed by atoms with Crippen LogP contribution in [-0.4, -0.2) is 24.1 Å². The molecule has 12 rings (SSSR count). The number of aryl methyl sites for hydroxylation is 1. The Balaban J connectivity index is 0.966. The molecule has 300 valence electrons. The molecule has 0 saturated carbocycles. The van der Waals surface area contributed by atoms with E-state index < -0.39 is 0 Å². The number of nitriles is 1. The lowest BCUT2D eigenvalue weighted by molar-refractivity contribution is 0.966. The van der Waals surface area contributed by atoms with Gasteiger partial charge in [0.25, 0.3) is 0 Å². The summed E-state index contributed by atoms with van der Waals surface area (Å²) in [5.41, 5.74) is 15.4. The lowest BCUT2D eigenvalue weighted by atomic mass is 9.97. The van der Waals surface area contributed by atoms with E-state index in [1.165, 1.54) is 38.3 Å². The van der Waals surface area contributed by atoms with Crippen LogP contribution in [0, 0.1) is 11.3 Å². The molecule has 1 aliphatic carbocycles. The molecule has 6 heteroatoms. The average molecular weight is 819 g/mol. The van der Waals surface area contributed by atoms with Gasteiger partial charge in [0.1, 0.15) is 6.07 Å². The van der Waals surface area contributed by atoms with E-state index in [9.17, 15) is 5.26 Å². The highest BCUT2D eigenvalue weighted by atomic mass is 15.0. The monoisotopic (exact) mass is 818 g/mol. The fourth-order valence-electron chi connectivity index (χ4n) is 9.46. The van der Waals surface area contributed by atoms with Crippen molar-refractivity contribution in [3.63, 3.8) is 0 Å². The zero-order valence-corrected chi connectivity index (χ0v) is 34.7. The van der Waals surface area contributed by atoms with Gasteiger partial charge in [0.2, 0.25) is 0 Å². The Morgan fingerprint density at radius 2 is 0.969 bits per heavy atom. The molecule has 11 aromatic rings. The predicted molar refractivity (Wildman–Crippen MR) is 260 cm³/mol. The normalized spacial score (nSPS) is 12.2. The van der Waals surface area contributed by atoms with Crippen molar-refractivity contribution >= 4 is 38.8 Å². The Labute approximate surface area is 370 Å². The summed E-state index contributed by atoms with van der Waals surface area (Å²) in [6.45, 7) is 0. The molecule has 0 unspecified atom stereocenters. The van der Waals surface area contributed by atoms with Gasteiger partial charge < -0.3 is 9.13 Å². The highest BCUT2D eigenvalue weighted by Crippen LogP contribution is 2.40. The number of fused-ring (bicyclic) bond motifs is 6. The highest BCUT2D eigenvalue weighted by Gasteiger charge is 2.23. The molecule has 0 atom stereocenters. The summed E-state index contributed by atoms with van der Waals surface area (Å²) in [7, 11) is 0. The Kier molecular flexibility index (Phi) is 8.91. The maximum Gasteiger partial charge on any atom is 0.164 e. The maximum atomic E-state index is 10.9. The summed E-state index contributed by atoms with van der Waals surface area (Å²) in [6, 6.07) is 70.0. The molecule has 8 aromatic carbocycles. The first kappa shape index (κ1) is 37.1. The number of rotatable bonds is 7. The second kappa shape index (κ2) is 15.4. The number of para-hydroxylation sites is 2. The van der Waals surface area contributed by atoms with E-state index in [1.807, 2.05) is 78.9 Å². The fourth-order valence-corrected chi connectivity index (χ4v) is 9.46. The fraction of sp³-hybridized carbons (Fsp3) is 0.0345. The van der Waals surface area contributed by atoms with Crippen LogP contribution < -0.4 is 0 Å². The molecular formula is C58H38N6. The van der Waals surface area contributed by atoms with Crippen LogP contribution in [0.5, 0.6) is 0 Å². The van der Waals surface area contributed by atoms with Crippen LogP contribution in [-0.2, 0) is 6.42 Å². The number of aromatic nitrogens is 5. The third-order valence-corrected chi connectivity index (χ3v) is 12.5. The van der Waals surface area contributed by atoms with Gasteiger partial charge in [-0.25, -0.2) is 15.0 Å². The van der Waals surface area contributed by atoms with E-state index in [0.29, 0.717) is 23.0 Å². The number of allylic oxidation sites excluding steroid dienone is 1. The molecule has 0 saturated heterocycles. The van der Waals surface area contributed by atoms with Gasteiger partial charge in [0.05, 0.1) is 27.8 Å². The minimum Gasteiger partial charge on any atom is -0.309 e. The molecular weight excluding hydrogens is 781 g/mol. The van der Waals surface area contributed by atoms with E-state index in [4.69, 9.17) is 15.0 Å². The third kappa shape index (κ3) is 6.30. The molecule has 64 heavy (non-hydrogen) atoms. The van der Waals surface area contributed by atoms with Gasteiger partial charge in [0.15, 0.2) is 17.5 Å². The number of hydrogen-bond donors (Lipinski definition) is 0. The van der Waals surface area contributed by atoms with Crippen LogP contribution in [0.25, 0.3) is 107 Å². The summed E-state index contributed by atoms with van der Waals surface area (Å²) in [6.07, 6.45) is 6.33. The molecule has 0 fully saturated rings. The molecule has 0 aliphatic heterocycles. The molecule has 0 spiro atoms. The molecule has 0 bridgehead atoms. The summed E-state index contributed by atoms with van der Waals surface area (Å²) in [4.78, 5) is 15.1. The van der Waals surface area contributed by atoms with E-state index in [-0.39, 0.29) is 0 Å². The van der Waals surface area contributed by atoms with Gasteiger partial charge in [-0.1, -0.05) is 133 Å². The van der Waals surface area contributed by atoms with E-state index in [0.717, 1.165) is 68.8 Å². The lowest BCUT2D eigenvalue weighted by Crippen LogP contribution is -2.04. The van der Waals surface area contributed by atoms with Crippen molar-refractivity contribution in [2.75, 3.05) is 0 Å². The van der Waals surface area contributed by atoms with Crippen LogP contribution in [0.2, 0.25) is 0 Å². The number of benzene rings is 8. The number of hydrogen-bond acceptors (Lipinski definition) is 4. The van der Waals surface area contributed by atoms with E-state index >= 15 is 0 Å². The van der Waals surface area contributed by atoms with E-state index in [2.05, 4.69) is 143 Å². The standard InChI is InChI=1S/C58H38N6/c59-37-45-34-44(58-61-56(39-17-6-2-7-18-39)60-57(62-58)43-20-14-19-40(33-43)38-15-4-1-5-16-38)29-30-51(45)64-53-26-13-11-24-48(53)50-36-42(28-32-55(50)64)41-27-31-54-49(35-41)47-23-10-12-25-52(47)63(54)46-21-8-3-9-22-46/h1-10,12-23,25-36H,11,24H2. The van der Waals surface area contributed by atoms with Crippen molar-refractivity contribution in [3.05, 3.63) is 217 Å². The Bertz CT molecular complexity index is 3670. The number of nitrogens with zero attached hydrogens (tertiary/aromatic N) is 6. The first-order chi connectivity index (χ1) is 31.7. The molecule has 6 nitrogen and oxygen atoms in total. The molecule has 0 amide bonds. The maximum absolute atomic E-state index is 10.9. The van der Waals surface area contributed by atoms with Gasteiger partial charge in [0, 0.05) is 44.2 Å². The van der Waals surface area contributed by atoms with Gasteiger partial charge >= 0.3 is 0 Å². The second-order valence-electron chi connectivity index (χ2n) is 16.3. The summed E-state index contributed by atoms with van der Waals surface area (Å²) < 4.78 is 4.61. The smallest absolute Gasteiger partial charge is 0.164 e. The molecule has 0 radical (unpaired) electrons. The molecule has 3 heterocycles. The highest BCUT2D eigenvalue weighted by molar-refractivity contribution is 6.10. The Morgan fingerprint density at radius 1 is 0.422 bits per heavy atom. The summed E-state index contributed by atoms with van der Waals surface area (Å²) in [5, 5.41) is 14.5. The van der Waals surface area contributed by atoms with Crippen molar-refractivity contribution in [1.29, 1.82) is 5.26 Å². The first-order valence-corrected chi connectivity index (χ1v) is 21.6. The van der Waals surface area contributed by atoms with Gasteiger partial charge in [-0.05, 0) is 113 Å². The quantitative estimate of drug-likeness (QED) is 0.161. The average Bonchev–Trinajstić information content (AvgIpc) is 3.89. The molecule has 3 aromatic heterocycles. The van der Waals surface area contributed by atoms with Crippen molar-refractivity contribution in [2.24, 2.45) is 0 Å². The third-order valence-electron chi connectivity index (χ3n) is 12.5. The summed E-state index contributed by atoms with van der Waals surface area (Å²) in [5.74, 6) is 1.64. The predicted octanol–water partition coefficient (Wildman–Crippen LogP) is 14.1. The largest absolute Gasteiger partial charge is 0.309 e. The second-order valence-corrected chi connectivity index (χ2v) is 16.3. The van der Waals surface area contributed by atoms with Gasteiger partial charge in [-0.2, -0.15) is 5.26 Å². The molecule has 1 aliphatic rings. The van der Waals surface area contributed by atoms with Crippen molar-refractivity contribution in [2.45, 2.75) is 12.8 Å². The van der Waals surface area contributed by atoms with E-state index in [1.54, 1.807) is 0 Å². The van der Waals surface area contributed by atoms with Crippen molar-refractivity contribution < 1.29 is 0 Å². The van der Waals surface area contributed by atoms with Crippen molar-refractivity contribution in [3.8, 4) is 73.9 Å². The van der Waals surface area contributed by atoms with Crippen LogP contribution >= 0.6 is 0 Å². The lowest BCUT2D eigenvalue weighted by Gasteiger charge is -2.15. The minimum atomic E-state index is 0.504. The SMILES string of the molecule is N#Cc1cc(-c2nc(-c3ccccc3)nc(-c3cccc(-c4ccccc4)c3)n2)ccc1-n1c2c(c3cc(-c4ccc5c(c4)c4ccccc4n5-c4ccccc4)ccc31)CCC=C2. The zero-order valence-electron chi connectivity index (χ0n) is 34.7. The zero-order chi connectivity index (χ0) is 42.6. The van der Waals surface area contributed by atoms with Crippen LogP contribution in [0.1, 0.15) is 23.2 Å². The van der Waals surface area contributed by atoms with Crippen LogP contribution in [0.3, 0.4) is 0 Å². The van der Waals surface area contributed by atoms with Crippen LogP contribution in [0.15, 0.2) is 200 Å². The van der Waals surface area contributed by atoms with Gasteiger partial charge in [-0.3, -0.25) is 0 Å². The Hall–Kier alpha value is -8.66. The van der Waals surface area contributed by atoms with Gasteiger partial charge in [-0.15, -0.1) is 0 Å². The molecule has 0 N–H and O–H groups in total. The van der Waals surface area contributed by atoms with Crippen molar-refractivity contribution in [1.82, 2.24) is 24.1 Å². The first-order valence-electron chi connectivity index (χ1n) is 21.6. The summed E-state index contributed by atoms with van der Waals surface area (Å²) >= 11 is 0. The minimum absolute atomic E-state index is 0.504. The topological polar surface area (TPSA) is 72.3 Å².